The Kier molecular flexibility index (Phi) is 11.9. The number of ether oxygens (including phenoxy) is 1. The molecule has 4 aliphatic carbocycles. The highest BCUT2D eigenvalue weighted by molar-refractivity contribution is 5.88. The first-order chi connectivity index (χ1) is 20.9. The lowest BCUT2D eigenvalue weighted by Crippen LogP contribution is -2.60. The van der Waals surface area contributed by atoms with Crippen molar-refractivity contribution in [1.29, 1.82) is 0 Å². The van der Waals surface area contributed by atoms with Crippen molar-refractivity contribution < 1.29 is 54.2 Å². The number of carboxylic acid groups (broad SMARTS) is 3. The molecule has 12 heteroatoms. The molecule has 0 heterocycles. The minimum atomic E-state index is -2.74. The van der Waals surface area contributed by atoms with Gasteiger partial charge in [-0.1, -0.05) is 27.7 Å². The van der Waals surface area contributed by atoms with Crippen LogP contribution in [0.15, 0.2) is 0 Å². The molecule has 0 saturated heterocycles. The summed E-state index contributed by atoms with van der Waals surface area (Å²) in [6.45, 7) is 12.7. The fourth-order valence-corrected chi connectivity index (χ4v) is 9.65. The van der Waals surface area contributed by atoms with Crippen LogP contribution in [0.5, 0.6) is 0 Å². The van der Waals surface area contributed by atoms with Gasteiger partial charge >= 0.3 is 23.9 Å². The van der Waals surface area contributed by atoms with E-state index in [2.05, 4.69) is 32.6 Å². The number of hydrogen-bond acceptors (Lipinski definition) is 9. The molecule has 1 unspecified atom stereocenters. The summed E-state index contributed by atoms with van der Waals surface area (Å²) in [4.78, 5) is 57.9. The molecule has 4 fully saturated rings. The van der Waals surface area contributed by atoms with Crippen molar-refractivity contribution in [1.82, 2.24) is 4.90 Å². The average Bonchev–Trinajstić information content (AvgIpc) is 3.29. The summed E-state index contributed by atoms with van der Waals surface area (Å²) in [5, 5.41) is 44.5. The van der Waals surface area contributed by atoms with Crippen LogP contribution >= 0.6 is 0 Å². The van der Waals surface area contributed by atoms with Crippen LogP contribution in [0.4, 0.5) is 0 Å². The molecule has 0 radical (unpaired) electrons. The largest absolute Gasteiger partial charge is 0.481 e. The Balaban J connectivity index is 0.000000360. The molecule has 0 bridgehead atoms. The van der Waals surface area contributed by atoms with E-state index in [1.165, 1.54) is 6.42 Å². The molecule has 0 aromatic carbocycles. The van der Waals surface area contributed by atoms with Gasteiger partial charge in [-0.2, -0.15) is 0 Å². The molecular weight excluding hydrogens is 586 g/mol. The second kappa shape index (κ2) is 14.5. The highest BCUT2D eigenvalue weighted by atomic mass is 16.5. The molecular formula is C33H53NO11. The lowest BCUT2D eigenvalue weighted by molar-refractivity contribution is -0.203. The van der Waals surface area contributed by atoms with Gasteiger partial charge in [0, 0.05) is 17.8 Å². The van der Waals surface area contributed by atoms with Gasteiger partial charge in [0.15, 0.2) is 5.60 Å². The number of carbonyl (C=O) groups is 5. The van der Waals surface area contributed by atoms with Crippen LogP contribution < -0.4 is 0 Å². The van der Waals surface area contributed by atoms with E-state index >= 15 is 0 Å². The summed E-state index contributed by atoms with van der Waals surface area (Å²) in [5.74, 6) is -2.43. The van der Waals surface area contributed by atoms with E-state index in [1.807, 2.05) is 0 Å². The molecule has 256 valence electrons. The highest BCUT2D eigenvalue weighted by Crippen LogP contribution is 2.67. The van der Waals surface area contributed by atoms with Crippen LogP contribution in [0.1, 0.15) is 98.8 Å². The van der Waals surface area contributed by atoms with Gasteiger partial charge in [0.1, 0.15) is 11.9 Å². The molecule has 5 N–H and O–H groups in total. The average molecular weight is 640 g/mol. The molecule has 0 spiro atoms. The van der Waals surface area contributed by atoms with E-state index < -0.39 is 36.4 Å². The van der Waals surface area contributed by atoms with Gasteiger partial charge in [-0.25, -0.2) is 4.79 Å². The van der Waals surface area contributed by atoms with E-state index in [-0.39, 0.29) is 34.9 Å². The zero-order valence-electron chi connectivity index (χ0n) is 27.4. The Hall–Kier alpha value is -2.57. The van der Waals surface area contributed by atoms with Crippen LogP contribution in [0.25, 0.3) is 0 Å². The second-order valence-electron chi connectivity index (χ2n) is 14.3. The molecule has 0 aromatic heterocycles. The molecule has 4 saturated carbocycles. The van der Waals surface area contributed by atoms with E-state index in [9.17, 15) is 29.1 Å². The maximum atomic E-state index is 12.9. The minimum Gasteiger partial charge on any atom is -0.481 e. The summed E-state index contributed by atoms with van der Waals surface area (Å²) < 4.78 is 6.22. The topological polar surface area (TPSA) is 199 Å². The van der Waals surface area contributed by atoms with Crippen molar-refractivity contribution in [2.75, 3.05) is 19.6 Å². The van der Waals surface area contributed by atoms with Crippen molar-refractivity contribution >= 4 is 29.7 Å². The van der Waals surface area contributed by atoms with E-state index in [0.29, 0.717) is 42.4 Å². The predicted octanol–water partition coefficient (Wildman–Crippen LogP) is 3.21. The van der Waals surface area contributed by atoms with Gasteiger partial charge in [-0.15, -0.1) is 0 Å². The molecule has 0 aromatic rings. The molecule has 12 nitrogen and oxygen atoms in total. The zero-order chi connectivity index (χ0) is 33.9. The summed E-state index contributed by atoms with van der Waals surface area (Å²) in [7, 11) is 0. The van der Waals surface area contributed by atoms with Gasteiger partial charge < -0.3 is 30.3 Å². The van der Waals surface area contributed by atoms with Crippen LogP contribution in [-0.2, 0) is 28.7 Å². The van der Waals surface area contributed by atoms with Gasteiger partial charge in [0.05, 0.1) is 25.5 Å². The normalized spacial score (nSPS) is 35.6. The summed E-state index contributed by atoms with van der Waals surface area (Å²) in [6.07, 6.45) is 5.27. The SMILES string of the molecule is CCN(CC)CC(=O)OC1C[C@@H](O)C[C@@H]2CC[C@H]3[C@@H]4CC[C@H](C(C)=O)[C@@]4(C)CC[C@@H]3[C@@]12C.O=C(O)CC(O)(CC(=O)O)C(=O)O. The lowest BCUT2D eigenvalue weighted by atomic mass is 9.44. The van der Waals surface area contributed by atoms with Crippen LogP contribution in [0.3, 0.4) is 0 Å². The van der Waals surface area contributed by atoms with Crippen molar-refractivity contribution in [2.45, 2.75) is 117 Å². The van der Waals surface area contributed by atoms with Crippen molar-refractivity contribution in [2.24, 2.45) is 40.4 Å². The van der Waals surface area contributed by atoms with Crippen LogP contribution in [0.2, 0.25) is 0 Å². The predicted molar refractivity (Wildman–Crippen MR) is 162 cm³/mol. The smallest absolute Gasteiger partial charge is 0.336 e. The number of aliphatic hydroxyl groups is 2. The first-order valence-corrected chi connectivity index (χ1v) is 16.4. The molecule has 9 atom stereocenters. The number of nitrogens with zero attached hydrogens (tertiary/aromatic N) is 1. The third kappa shape index (κ3) is 7.71. The highest BCUT2D eigenvalue weighted by Gasteiger charge is 2.63. The number of esters is 1. The lowest BCUT2D eigenvalue weighted by Gasteiger charge is -2.62. The number of aliphatic carboxylic acids is 3. The van der Waals surface area contributed by atoms with E-state index in [1.54, 1.807) is 6.92 Å². The number of aliphatic hydroxyl groups excluding tert-OH is 1. The first kappa shape index (κ1) is 36.9. The first-order valence-electron chi connectivity index (χ1n) is 16.4. The number of carbonyl (C=O) groups excluding carboxylic acids is 2. The summed E-state index contributed by atoms with van der Waals surface area (Å²) >= 11 is 0. The number of ketones is 1. The van der Waals surface area contributed by atoms with E-state index in [0.717, 1.165) is 51.6 Å². The zero-order valence-corrected chi connectivity index (χ0v) is 27.4. The van der Waals surface area contributed by atoms with Gasteiger partial charge in [-0.3, -0.25) is 24.1 Å². The Labute approximate surface area is 265 Å². The maximum Gasteiger partial charge on any atom is 0.336 e. The van der Waals surface area contributed by atoms with Crippen molar-refractivity contribution in [3.05, 3.63) is 0 Å². The molecule has 4 rings (SSSR count). The van der Waals surface area contributed by atoms with E-state index in [4.69, 9.17) is 25.2 Å². The Morgan fingerprint density at radius 3 is 1.98 bits per heavy atom. The van der Waals surface area contributed by atoms with Gasteiger partial charge in [0.2, 0.25) is 0 Å². The van der Waals surface area contributed by atoms with Gasteiger partial charge in [0.25, 0.3) is 0 Å². The third-order valence-corrected chi connectivity index (χ3v) is 12.0. The molecule has 4 aliphatic rings. The quantitative estimate of drug-likeness (QED) is 0.207. The second-order valence-corrected chi connectivity index (χ2v) is 14.3. The fraction of sp³-hybridized carbons (Fsp3) is 0.848. The number of rotatable bonds is 11. The number of carboxylic acids is 3. The summed E-state index contributed by atoms with van der Waals surface area (Å²) in [6, 6.07) is 0. The number of likely N-dealkylation sites (N-methyl/N-ethyl adjacent to an activating group) is 1. The van der Waals surface area contributed by atoms with Crippen molar-refractivity contribution in [3.63, 3.8) is 0 Å². The number of Topliss-reactive ketones (excluding diaryl/α,β-unsaturated/α-hetero) is 1. The monoisotopic (exact) mass is 639 g/mol. The van der Waals surface area contributed by atoms with Crippen molar-refractivity contribution in [3.8, 4) is 0 Å². The summed E-state index contributed by atoms with van der Waals surface area (Å²) in [5.41, 5.74) is -2.67. The standard InChI is InChI=1S/C27H45NO4.C6H8O7/c1-6-28(7-2)16-25(31)32-24-15-19(30)14-18-8-9-20-22-11-10-21(17(3)29)26(22,4)13-12-23(20)27(18,24)5;7-3(8)1-6(13,5(11)12)2-4(9)10/h18-24,30H,6-16H2,1-5H3;13H,1-2H2,(H,7,8)(H,9,10)(H,11,12)/t18-,19-,20-,21+,22-,23-,24?,26+,27-;/m0./s1. The maximum absolute atomic E-state index is 12.9. The Morgan fingerprint density at radius 2 is 1.47 bits per heavy atom. The molecule has 0 amide bonds. The number of hydrogen-bond donors (Lipinski definition) is 5. The van der Waals surface area contributed by atoms with Crippen LogP contribution in [-0.4, -0.2) is 97.5 Å². The minimum absolute atomic E-state index is 0.0727. The van der Waals surface area contributed by atoms with Gasteiger partial charge in [-0.05, 0) is 94.0 Å². The Bertz CT molecular complexity index is 1110. The molecule has 45 heavy (non-hydrogen) atoms. The van der Waals surface area contributed by atoms with Crippen LogP contribution in [0, 0.1) is 40.4 Å². The fourth-order valence-electron chi connectivity index (χ4n) is 9.65. The number of fused-ring (bicyclic) bond motifs is 5. The molecule has 0 aliphatic heterocycles. The third-order valence-electron chi connectivity index (χ3n) is 12.0. The Morgan fingerprint density at radius 1 is 0.867 bits per heavy atom.